The molecule has 4 heavy (non-hydrogen) atoms. The van der Waals surface area contributed by atoms with Gasteiger partial charge in [-0.05, 0) is 0 Å². The van der Waals surface area contributed by atoms with Crippen molar-refractivity contribution >= 4 is 37.7 Å². The Morgan fingerprint density at radius 2 is 1.00 bits per heavy atom. The van der Waals surface area contributed by atoms with Gasteiger partial charge in [-0.2, -0.15) is 0 Å². The second-order valence-corrected chi connectivity index (χ2v) is 0. The topological polar surface area (TPSA) is 30.0 Å². The molecule has 0 aliphatic carbocycles. The third-order valence-electron chi connectivity index (χ3n) is 0. The fourth-order valence-corrected chi connectivity index (χ4v) is 0. The molecule has 0 fully saturated rings. The van der Waals surface area contributed by atoms with Gasteiger partial charge in [0.15, 0.2) is 0 Å². The molecule has 0 aliphatic rings. The van der Waals surface area contributed by atoms with Gasteiger partial charge in [0.25, 0.3) is 0 Å². The molecule has 1 radical (unpaired) electrons. The molecule has 1 nitrogen and oxygen atoms in total. The van der Waals surface area contributed by atoms with E-state index in [9.17, 15) is 0 Å². The van der Waals surface area contributed by atoms with Crippen molar-refractivity contribution in [2.24, 2.45) is 0 Å². The van der Waals surface area contributed by atoms with Gasteiger partial charge in [-0.3, -0.25) is 0 Å². The largest absolute Gasteiger partial charge is 0.870 e. The summed E-state index contributed by atoms with van der Waals surface area (Å²) in [5.41, 5.74) is 0. The van der Waals surface area contributed by atoms with E-state index in [4.69, 9.17) is 0 Å². The van der Waals surface area contributed by atoms with Crippen molar-refractivity contribution in [3.63, 3.8) is 0 Å². The van der Waals surface area contributed by atoms with Gasteiger partial charge in [-0.1, -0.05) is 0 Å². The second kappa shape index (κ2) is 18.1. The number of hydrogen-bond acceptors (Lipinski definition) is 1. The second-order valence-electron chi connectivity index (χ2n) is 0. The van der Waals surface area contributed by atoms with Gasteiger partial charge in [-0.15, -0.1) is 0 Å². The maximum absolute atomic E-state index is 0. The molecule has 0 bridgehead atoms. The number of rotatable bonds is 0. The Balaban J connectivity index is 0. The van der Waals surface area contributed by atoms with Crippen LogP contribution in [-0.2, 0) is 38.1 Å². The molecule has 0 saturated heterocycles. The summed E-state index contributed by atoms with van der Waals surface area (Å²) in [5, 5.41) is 0. The normalized spacial score (nSPS) is 0. The summed E-state index contributed by atoms with van der Waals surface area (Å²) in [5.74, 6) is 0. The van der Waals surface area contributed by atoms with E-state index < -0.39 is 0 Å². The molecule has 1 N–H and O–H groups in total. The molecule has 0 aromatic carbocycles. The summed E-state index contributed by atoms with van der Waals surface area (Å²) in [4.78, 5) is 0. The average Bonchev–Trinajstić information content (AvgIpc) is 0. The molecule has 0 aromatic heterocycles. The first-order chi connectivity index (χ1) is 0. The van der Waals surface area contributed by atoms with Crippen molar-refractivity contribution in [2.45, 2.75) is 0 Å². The Hall–Kier alpha value is 2.43. The number of hydrogen-bond donors (Lipinski definition) is 0. The first kappa shape index (κ1) is 32.1. The third-order valence-corrected chi connectivity index (χ3v) is 0. The van der Waals surface area contributed by atoms with Crippen LogP contribution >= 0.6 is 0 Å². The minimum atomic E-state index is 0. The van der Waals surface area contributed by atoms with Crippen molar-refractivity contribution in [1.82, 2.24) is 0 Å². The summed E-state index contributed by atoms with van der Waals surface area (Å²) >= 11 is 0. The van der Waals surface area contributed by atoms with Crippen LogP contribution < -0.4 is 0 Å². The molecule has 0 spiro atoms. The average molecular weight is 297 g/mol. The summed E-state index contributed by atoms with van der Waals surface area (Å²) in [7, 11) is 0. The van der Waals surface area contributed by atoms with Gasteiger partial charge in [0.1, 0.15) is 0 Å². The SMILES string of the molecule is [CaH+].[Mn].[OH-].[W]. The van der Waals surface area contributed by atoms with Gasteiger partial charge < -0.3 is 5.48 Å². The zero-order valence-electron chi connectivity index (χ0n) is 2.23. The van der Waals surface area contributed by atoms with Crippen LogP contribution in [0.1, 0.15) is 0 Å². The van der Waals surface area contributed by atoms with Crippen molar-refractivity contribution in [1.29, 1.82) is 0 Å². The van der Waals surface area contributed by atoms with Gasteiger partial charge in [-0.25, -0.2) is 0 Å². The molecule has 23 valence electrons. The Labute approximate surface area is 79.9 Å². The molecule has 0 amide bonds. The molecule has 0 saturated carbocycles. The maximum Gasteiger partial charge on any atom is 0 e. The van der Waals surface area contributed by atoms with Crippen LogP contribution in [0.4, 0.5) is 0 Å². The predicted octanol–water partition coefficient (Wildman–Crippen LogP) is -0.830. The van der Waals surface area contributed by atoms with Crippen LogP contribution in [0, 0.1) is 0 Å². The van der Waals surface area contributed by atoms with Gasteiger partial charge >= 0.3 is 37.7 Å². The van der Waals surface area contributed by atoms with Crippen LogP contribution in [-0.4, -0.2) is 43.2 Å². The zero-order valence-corrected chi connectivity index (χ0v) is 9.47. The van der Waals surface area contributed by atoms with Crippen LogP contribution in [0.3, 0.4) is 0 Å². The van der Waals surface area contributed by atoms with E-state index in [-0.39, 0.29) is 81.3 Å². The molecule has 0 aromatic rings. The van der Waals surface area contributed by atoms with E-state index in [0.29, 0.717) is 0 Å². The van der Waals surface area contributed by atoms with Crippen LogP contribution in [0.25, 0.3) is 0 Å². The Morgan fingerprint density at radius 3 is 1.00 bits per heavy atom. The minimum Gasteiger partial charge on any atom is -0.870 e. The smallest absolute Gasteiger partial charge is 0 e. The van der Waals surface area contributed by atoms with Crippen LogP contribution in [0.5, 0.6) is 0 Å². The van der Waals surface area contributed by atoms with E-state index in [0.717, 1.165) is 0 Å². The van der Waals surface area contributed by atoms with Crippen LogP contribution in [0.2, 0.25) is 0 Å². The molecule has 0 heterocycles. The molecule has 4 heteroatoms. The summed E-state index contributed by atoms with van der Waals surface area (Å²) in [6.07, 6.45) is 0. The van der Waals surface area contributed by atoms with E-state index in [2.05, 4.69) is 0 Å². The molecule has 0 rings (SSSR count). The molecular weight excluding hydrogens is 295 g/mol. The Kier molecular flexibility index (Phi) is 145. The van der Waals surface area contributed by atoms with Crippen molar-refractivity contribution in [3.8, 4) is 0 Å². The van der Waals surface area contributed by atoms with E-state index in [1.54, 1.807) is 0 Å². The van der Waals surface area contributed by atoms with Crippen molar-refractivity contribution in [2.75, 3.05) is 0 Å². The van der Waals surface area contributed by atoms with E-state index in [1.165, 1.54) is 0 Å². The predicted molar refractivity (Wildman–Crippen MR) is 9.08 cm³/mol. The Bertz CT molecular complexity index is 8.00. The standard InChI is InChI=1S/Ca.Mn.H2O.W.H/h;;1H2;;/q+1;;;;/p-1. The third kappa shape index (κ3) is 8.83. The van der Waals surface area contributed by atoms with Crippen LogP contribution in [0.15, 0.2) is 0 Å². The fourth-order valence-electron chi connectivity index (χ4n) is 0. The maximum atomic E-state index is 0. The quantitative estimate of drug-likeness (QED) is 0.537. The fraction of sp³-hybridized carbons (Fsp3) is 0. The molecule has 0 aliphatic heterocycles. The minimum absolute atomic E-state index is 0. The first-order valence-electron chi connectivity index (χ1n) is 0. The van der Waals surface area contributed by atoms with Gasteiger partial charge in [0, 0.05) is 38.1 Å². The van der Waals surface area contributed by atoms with Crippen molar-refractivity contribution < 1.29 is 43.6 Å². The van der Waals surface area contributed by atoms with Gasteiger partial charge in [0.05, 0.1) is 0 Å². The monoisotopic (exact) mass is 297 g/mol. The molecular formula is H2CaMnOW. The van der Waals surface area contributed by atoms with E-state index >= 15 is 0 Å². The Morgan fingerprint density at radius 1 is 1.00 bits per heavy atom. The summed E-state index contributed by atoms with van der Waals surface area (Å²) < 4.78 is 0. The van der Waals surface area contributed by atoms with Gasteiger partial charge in [0.2, 0.25) is 0 Å². The molecule has 0 unspecified atom stereocenters. The molecule has 0 atom stereocenters. The summed E-state index contributed by atoms with van der Waals surface area (Å²) in [6.45, 7) is 0. The summed E-state index contributed by atoms with van der Waals surface area (Å²) in [6, 6.07) is 0. The van der Waals surface area contributed by atoms with E-state index in [1.807, 2.05) is 0 Å². The van der Waals surface area contributed by atoms with Crippen molar-refractivity contribution in [3.05, 3.63) is 0 Å². The zero-order chi connectivity index (χ0) is 0. The first-order valence-corrected chi connectivity index (χ1v) is 0.